The smallest absolute Gasteiger partial charge is 0.383 e. The normalized spacial score (nSPS) is 12.0. The minimum Gasteiger partial charge on any atom is -0.383 e. The lowest BCUT2D eigenvalue weighted by molar-refractivity contribution is -0.133. The van der Waals surface area contributed by atoms with Gasteiger partial charge in [0, 0.05) is 20.2 Å². The van der Waals surface area contributed by atoms with E-state index in [4.69, 9.17) is 4.74 Å². The van der Waals surface area contributed by atoms with Crippen molar-refractivity contribution in [1.29, 1.82) is 0 Å². The van der Waals surface area contributed by atoms with Crippen molar-refractivity contribution in [2.75, 3.05) is 39.9 Å². The van der Waals surface area contributed by atoms with Crippen LogP contribution in [0.25, 0.3) is 0 Å². The van der Waals surface area contributed by atoms with Crippen LogP contribution in [0.15, 0.2) is 0 Å². The third kappa shape index (κ3) is 13.7. The second-order valence-corrected chi connectivity index (χ2v) is 3.21. The Labute approximate surface area is 88.4 Å². The number of nitrogens with one attached hydrogen (secondary N) is 2. The minimum atomic E-state index is -4.05. The van der Waals surface area contributed by atoms with E-state index in [1.54, 1.807) is 7.11 Å². The average molecular weight is 228 g/mol. The van der Waals surface area contributed by atoms with E-state index >= 15 is 0 Å². The Morgan fingerprint density at radius 2 is 1.60 bits per heavy atom. The summed E-state index contributed by atoms with van der Waals surface area (Å²) < 4.78 is 39.9. The third-order valence-corrected chi connectivity index (χ3v) is 1.78. The topological polar surface area (TPSA) is 33.3 Å². The van der Waals surface area contributed by atoms with Gasteiger partial charge in [0.2, 0.25) is 0 Å². The Kier molecular flexibility index (Phi) is 8.74. The van der Waals surface area contributed by atoms with Gasteiger partial charge in [-0.1, -0.05) is 0 Å². The molecule has 0 spiro atoms. The highest BCUT2D eigenvalue weighted by molar-refractivity contribution is 4.55. The molecule has 0 saturated carbocycles. The van der Waals surface area contributed by atoms with E-state index in [-0.39, 0.29) is 6.54 Å². The van der Waals surface area contributed by atoms with Crippen LogP contribution in [0.4, 0.5) is 13.2 Å². The maximum atomic E-state index is 11.7. The number of halogens is 3. The molecule has 0 aromatic carbocycles. The van der Waals surface area contributed by atoms with Crippen LogP contribution in [-0.2, 0) is 4.74 Å². The van der Waals surface area contributed by atoms with E-state index in [2.05, 4.69) is 10.6 Å². The molecule has 0 amide bonds. The van der Waals surface area contributed by atoms with Crippen LogP contribution in [0.2, 0.25) is 0 Å². The molecule has 6 heteroatoms. The van der Waals surface area contributed by atoms with Crippen LogP contribution < -0.4 is 10.6 Å². The molecule has 0 atom stereocenters. The maximum Gasteiger partial charge on any atom is 0.390 e. The van der Waals surface area contributed by atoms with Crippen LogP contribution in [0.1, 0.15) is 12.8 Å². The van der Waals surface area contributed by atoms with E-state index in [1.807, 2.05) is 0 Å². The van der Waals surface area contributed by atoms with Crippen molar-refractivity contribution in [3.8, 4) is 0 Å². The molecule has 0 bridgehead atoms. The van der Waals surface area contributed by atoms with Gasteiger partial charge >= 0.3 is 6.18 Å². The predicted molar refractivity (Wildman–Crippen MR) is 52.9 cm³/mol. The molecule has 0 fully saturated rings. The Morgan fingerprint density at radius 3 is 2.13 bits per heavy atom. The molecule has 0 aromatic rings. The summed E-state index contributed by atoms with van der Waals surface area (Å²) >= 11 is 0. The number of hydrogen-bond acceptors (Lipinski definition) is 3. The maximum absolute atomic E-state index is 11.7. The van der Waals surface area contributed by atoms with E-state index < -0.39 is 12.6 Å². The monoisotopic (exact) mass is 228 g/mol. The second-order valence-electron chi connectivity index (χ2n) is 3.21. The van der Waals surface area contributed by atoms with Crippen LogP contribution in [-0.4, -0.2) is 46.1 Å². The summed E-state index contributed by atoms with van der Waals surface area (Å²) in [5.74, 6) is 0. The highest BCUT2D eigenvalue weighted by Crippen LogP contribution is 2.17. The summed E-state index contributed by atoms with van der Waals surface area (Å²) in [5.41, 5.74) is 0. The first-order chi connectivity index (χ1) is 7.06. The van der Waals surface area contributed by atoms with Gasteiger partial charge < -0.3 is 15.4 Å². The van der Waals surface area contributed by atoms with Crippen LogP contribution in [0, 0.1) is 0 Å². The molecule has 3 nitrogen and oxygen atoms in total. The van der Waals surface area contributed by atoms with Crippen molar-refractivity contribution in [2.45, 2.75) is 19.0 Å². The zero-order valence-corrected chi connectivity index (χ0v) is 8.99. The minimum absolute atomic E-state index is 0.00156. The molecule has 0 aliphatic heterocycles. The van der Waals surface area contributed by atoms with Gasteiger partial charge in [-0.3, -0.25) is 0 Å². The fraction of sp³-hybridized carbons (Fsp3) is 1.00. The van der Waals surface area contributed by atoms with Gasteiger partial charge in [-0.2, -0.15) is 13.2 Å². The molecule has 0 rings (SSSR count). The summed E-state index contributed by atoms with van der Waals surface area (Å²) in [6, 6.07) is 0. The highest BCUT2D eigenvalue weighted by Gasteiger charge is 2.25. The molecule has 15 heavy (non-hydrogen) atoms. The van der Waals surface area contributed by atoms with Gasteiger partial charge in [0.05, 0.1) is 13.0 Å². The van der Waals surface area contributed by atoms with Crippen molar-refractivity contribution in [3.63, 3.8) is 0 Å². The third-order valence-electron chi connectivity index (χ3n) is 1.78. The summed E-state index contributed by atoms with van der Waals surface area (Å²) in [5, 5.41) is 5.85. The Bertz CT molecular complexity index is 142. The summed E-state index contributed by atoms with van der Waals surface area (Å²) in [6.45, 7) is 2.83. The van der Waals surface area contributed by atoms with Gasteiger partial charge in [0.25, 0.3) is 0 Å². The summed E-state index contributed by atoms with van der Waals surface area (Å²) in [7, 11) is 1.63. The van der Waals surface area contributed by atoms with E-state index in [9.17, 15) is 13.2 Å². The van der Waals surface area contributed by atoms with E-state index in [0.29, 0.717) is 13.2 Å². The van der Waals surface area contributed by atoms with Gasteiger partial charge in [0.15, 0.2) is 0 Å². The highest BCUT2D eigenvalue weighted by atomic mass is 19.4. The SMILES string of the molecule is COCCNCCCNCCC(F)(F)F. The van der Waals surface area contributed by atoms with Gasteiger partial charge in [-0.25, -0.2) is 0 Å². The molecule has 0 unspecified atom stereocenters. The quantitative estimate of drug-likeness (QED) is 0.581. The van der Waals surface area contributed by atoms with Crippen molar-refractivity contribution in [3.05, 3.63) is 0 Å². The molecular formula is C9H19F3N2O. The van der Waals surface area contributed by atoms with Crippen LogP contribution in [0.3, 0.4) is 0 Å². The van der Waals surface area contributed by atoms with Crippen LogP contribution in [0.5, 0.6) is 0 Å². The van der Waals surface area contributed by atoms with Crippen molar-refractivity contribution in [2.24, 2.45) is 0 Å². The Morgan fingerprint density at radius 1 is 1.00 bits per heavy atom. The molecular weight excluding hydrogens is 209 g/mol. The standard InChI is InChI=1S/C9H19F3N2O/c1-15-8-7-14-5-2-4-13-6-3-9(10,11)12/h13-14H,2-8H2,1H3. The zero-order chi connectivity index (χ0) is 11.6. The molecule has 0 heterocycles. The summed E-state index contributed by atoms with van der Waals surface area (Å²) in [4.78, 5) is 0. The van der Waals surface area contributed by atoms with Gasteiger partial charge in [-0.15, -0.1) is 0 Å². The predicted octanol–water partition coefficient (Wildman–Crippen LogP) is 1.15. The molecule has 0 aliphatic rings. The first kappa shape index (κ1) is 14.7. The molecule has 0 aromatic heterocycles. The number of ether oxygens (including phenoxy) is 1. The van der Waals surface area contributed by atoms with Gasteiger partial charge in [-0.05, 0) is 19.5 Å². The summed E-state index contributed by atoms with van der Waals surface area (Å²) in [6.07, 6.45) is -3.99. The first-order valence-corrected chi connectivity index (χ1v) is 5.03. The van der Waals surface area contributed by atoms with Crippen LogP contribution >= 0.6 is 0 Å². The van der Waals surface area contributed by atoms with E-state index in [1.165, 1.54) is 0 Å². The lowest BCUT2D eigenvalue weighted by atomic mass is 10.3. The molecule has 92 valence electrons. The first-order valence-electron chi connectivity index (χ1n) is 5.03. The number of hydrogen-bond donors (Lipinski definition) is 2. The van der Waals surface area contributed by atoms with Gasteiger partial charge in [0.1, 0.15) is 0 Å². The molecule has 0 aliphatic carbocycles. The van der Waals surface area contributed by atoms with Crippen molar-refractivity contribution < 1.29 is 17.9 Å². The van der Waals surface area contributed by atoms with Crippen molar-refractivity contribution in [1.82, 2.24) is 10.6 Å². The fourth-order valence-electron chi connectivity index (χ4n) is 0.993. The lowest BCUT2D eigenvalue weighted by Gasteiger charge is -2.08. The average Bonchev–Trinajstić information content (AvgIpc) is 2.14. The fourth-order valence-corrected chi connectivity index (χ4v) is 0.993. The number of alkyl halides is 3. The van der Waals surface area contributed by atoms with Crippen molar-refractivity contribution >= 4 is 0 Å². The number of rotatable bonds is 9. The Balaban J connectivity index is 2.99. The molecule has 2 N–H and O–H groups in total. The lowest BCUT2D eigenvalue weighted by Crippen LogP contribution is -2.26. The largest absolute Gasteiger partial charge is 0.390 e. The Hall–Kier alpha value is -0.330. The zero-order valence-electron chi connectivity index (χ0n) is 8.99. The molecule has 0 radical (unpaired) electrons. The van der Waals surface area contributed by atoms with E-state index in [0.717, 1.165) is 19.5 Å². The number of methoxy groups -OCH3 is 1. The molecule has 0 saturated heterocycles. The second kappa shape index (κ2) is 8.94.